The Morgan fingerprint density at radius 3 is 2.13 bits per heavy atom. The molecule has 0 aromatic heterocycles. The van der Waals surface area contributed by atoms with Gasteiger partial charge in [-0.05, 0) is 45.4 Å². The molecule has 9 nitrogen and oxygen atoms in total. The second kappa shape index (κ2) is 10.5. The molecule has 1 heterocycles. The molecular formula is C29H29N3O6. The first-order valence-electron chi connectivity index (χ1n) is 12.2. The van der Waals surface area contributed by atoms with Gasteiger partial charge in [-0.25, -0.2) is 9.69 Å². The summed E-state index contributed by atoms with van der Waals surface area (Å²) < 4.78 is 5.97. The predicted octanol–water partition coefficient (Wildman–Crippen LogP) is 5.38. The van der Waals surface area contributed by atoms with Crippen LogP contribution in [0.2, 0.25) is 0 Å². The van der Waals surface area contributed by atoms with Gasteiger partial charge in [0.15, 0.2) is 0 Å². The smallest absolute Gasteiger partial charge is 0.422 e. The molecule has 9 heteroatoms. The third kappa shape index (κ3) is 5.41. The van der Waals surface area contributed by atoms with Crippen molar-refractivity contribution >= 4 is 23.4 Å². The molecule has 2 amide bonds. The standard InChI is InChI=1S/C29H29N3O6/c1-19-14-16-21(17-15-19)25(23(18-30(35)36)20-10-6-5-7-11-20)32(37)26-22-12-8-9-13-24(22)31(27(26)33)28(34)38-29(2,3)4/h5-17,23,25H,18H2,1-4H3/b32-26+/t23-,25+/m0/s1. The van der Waals surface area contributed by atoms with Gasteiger partial charge in [-0.2, -0.15) is 4.74 Å². The van der Waals surface area contributed by atoms with Crippen LogP contribution < -0.4 is 4.90 Å². The Hall–Kier alpha value is -4.53. The van der Waals surface area contributed by atoms with Crippen molar-refractivity contribution in [3.05, 3.63) is 116 Å². The molecule has 3 aromatic carbocycles. The number of amides is 2. The number of fused-ring (bicyclic) bond motifs is 1. The Labute approximate surface area is 220 Å². The highest BCUT2D eigenvalue weighted by Gasteiger charge is 2.47. The fourth-order valence-electron chi connectivity index (χ4n) is 4.58. The van der Waals surface area contributed by atoms with E-state index in [0.29, 0.717) is 15.9 Å². The van der Waals surface area contributed by atoms with E-state index in [9.17, 15) is 24.9 Å². The molecule has 0 N–H and O–H groups in total. The Morgan fingerprint density at radius 2 is 1.53 bits per heavy atom. The van der Waals surface area contributed by atoms with Crippen LogP contribution in [0, 0.1) is 22.2 Å². The summed E-state index contributed by atoms with van der Waals surface area (Å²) in [7, 11) is 0. The topological polar surface area (TPSA) is 116 Å². The van der Waals surface area contributed by atoms with E-state index in [-0.39, 0.29) is 17.0 Å². The molecule has 196 valence electrons. The number of imide groups is 1. The van der Waals surface area contributed by atoms with E-state index >= 15 is 0 Å². The van der Waals surface area contributed by atoms with E-state index in [1.54, 1.807) is 87.5 Å². The molecule has 0 saturated heterocycles. The lowest BCUT2D eigenvalue weighted by molar-refractivity contribution is -0.537. The minimum absolute atomic E-state index is 0.218. The van der Waals surface area contributed by atoms with Gasteiger partial charge in [0.1, 0.15) is 11.5 Å². The Bertz CT molecular complexity index is 1390. The first-order chi connectivity index (χ1) is 18.0. The lowest BCUT2D eigenvalue weighted by Crippen LogP contribution is -2.42. The summed E-state index contributed by atoms with van der Waals surface area (Å²) in [5.41, 5.74) is 1.36. The van der Waals surface area contributed by atoms with Crippen molar-refractivity contribution in [2.24, 2.45) is 0 Å². The number of benzene rings is 3. The molecule has 0 fully saturated rings. The molecule has 0 saturated carbocycles. The highest BCUT2D eigenvalue weighted by Crippen LogP contribution is 2.37. The maximum atomic E-state index is 14.3. The molecule has 2 atom stereocenters. The summed E-state index contributed by atoms with van der Waals surface area (Å²) in [6, 6.07) is 21.1. The van der Waals surface area contributed by atoms with Crippen molar-refractivity contribution in [2.75, 3.05) is 11.4 Å². The first kappa shape index (κ1) is 26.5. The van der Waals surface area contributed by atoms with Crippen molar-refractivity contribution < 1.29 is 24.0 Å². The SMILES string of the molecule is Cc1ccc([C@H]([C@@H](C[N+](=O)[O-])c2ccccc2)/[N+]([O-])=C2\C(=O)N(C(=O)OC(C)(C)C)c3ccccc32)cc1. The quantitative estimate of drug-likeness (QED) is 0.188. The third-order valence-corrected chi connectivity index (χ3v) is 6.23. The van der Waals surface area contributed by atoms with Crippen molar-refractivity contribution in [1.82, 2.24) is 0 Å². The van der Waals surface area contributed by atoms with Crippen molar-refractivity contribution in [3.8, 4) is 0 Å². The van der Waals surface area contributed by atoms with Crippen molar-refractivity contribution in [2.45, 2.75) is 45.3 Å². The number of hydrogen-bond acceptors (Lipinski definition) is 6. The Kier molecular flexibility index (Phi) is 7.30. The van der Waals surface area contributed by atoms with Gasteiger partial charge in [0.2, 0.25) is 12.6 Å². The van der Waals surface area contributed by atoms with Gasteiger partial charge in [-0.1, -0.05) is 72.3 Å². The highest BCUT2D eigenvalue weighted by atomic mass is 16.6. The van der Waals surface area contributed by atoms with E-state index in [1.165, 1.54) is 0 Å². The van der Waals surface area contributed by atoms with Gasteiger partial charge < -0.3 is 9.94 Å². The molecule has 0 unspecified atom stereocenters. The normalized spacial score (nSPS) is 16.0. The highest BCUT2D eigenvalue weighted by molar-refractivity contribution is 6.56. The molecule has 0 aliphatic carbocycles. The van der Waals surface area contributed by atoms with Crippen LogP contribution in [0.5, 0.6) is 0 Å². The molecule has 38 heavy (non-hydrogen) atoms. The van der Waals surface area contributed by atoms with Crippen LogP contribution in [0.15, 0.2) is 78.9 Å². The van der Waals surface area contributed by atoms with Crippen LogP contribution in [-0.4, -0.2) is 39.5 Å². The molecule has 0 bridgehead atoms. The maximum absolute atomic E-state index is 14.3. The summed E-state index contributed by atoms with van der Waals surface area (Å²) in [5, 5.41) is 26.1. The fraction of sp³-hybridized carbons (Fsp3) is 0.276. The number of hydrogen-bond donors (Lipinski definition) is 0. The zero-order valence-electron chi connectivity index (χ0n) is 21.7. The summed E-state index contributed by atoms with van der Waals surface area (Å²) >= 11 is 0. The number of carbonyl (C=O) groups is 2. The maximum Gasteiger partial charge on any atom is 0.422 e. The van der Waals surface area contributed by atoms with E-state index in [2.05, 4.69) is 0 Å². The number of para-hydroxylation sites is 1. The molecule has 1 aliphatic heterocycles. The average molecular weight is 516 g/mol. The minimum atomic E-state index is -1.13. The summed E-state index contributed by atoms with van der Waals surface area (Å²) in [5.74, 6) is -1.74. The summed E-state index contributed by atoms with van der Waals surface area (Å²) in [4.78, 5) is 38.9. The third-order valence-electron chi connectivity index (χ3n) is 6.23. The molecule has 3 aromatic rings. The number of nitrogens with zero attached hydrogens (tertiary/aromatic N) is 3. The van der Waals surface area contributed by atoms with Gasteiger partial charge in [-0.3, -0.25) is 14.9 Å². The molecule has 0 spiro atoms. The number of aryl methyl sites for hydroxylation is 1. The summed E-state index contributed by atoms with van der Waals surface area (Å²) in [6.07, 6.45) is -0.907. The molecular weight excluding hydrogens is 486 g/mol. The number of ether oxygens (including phenoxy) is 1. The average Bonchev–Trinajstić information content (AvgIpc) is 3.15. The fourth-order valence-corrected chi connectivity index (χ4v) is 4.58. The van der Waals surface area contributed by atoms with Crippen LogP contribution in [-0.2, 0) is 9.53 Å². The summed E-state index contributed by atoms with van der Waals surface area (Å²) in [6.45, 7) is 6.38. The second-order valence-corrected chi connectivity index (χ2v) is 10.2. The van der Waals surface area contributed by atoms with E-state index in [0.717, 1.165) is 10.5 Å². The lowest BCUT2D eigenvalue weighted by atomic mass is 9.86. The Balaban J connectivity index is 1.94. The zero-order chi connectivity index (χ0) is 27.6. The predicted molar refractivity (Wildman–Crippen MR) is 143 cm³/mol. The van der Waals surface area contributed by atoms with Gasteiger partial charge >= 0.3 is 12.0 Å². The van der Waals surface area contributed by atoms with E-state index in [4.69, 9.17) is 4.74 Å². The van der Waals surface area contributed by atoms with Crippen LogP contribution in [0.1, 0.15) is 55.0 Å². The number of anilines is 1. The van der Waals surface area contributed by atoms with E-state index in [1.807, 2.05) is 19.1 Å². The largest absolute Gasteiger partial charge is 0.623 e. The van der Waals surface area contributed by atoms with Crippen molar-refractivity contribution in [1.29, 1.82) is 0 Å². The second-order valence-electron chi connectivity index (χ2n) is 10.2. The van der Waals surface area contributed by atoms with Crippen LogP contribution in [0.25, 0.3) is 0 Å². The zero-order valence-corrected chi connectivity index (χ0v) is 21.7. The van der Waals surface area contributed by atoms with Crippen LogP contribution in [0.4, 0.5) is 10.5 Å². The van der Waals surface area contributed by atoms with Gasteiger partial charge in [0, 0.05) is 10.5 Å². The first-order valence-corrected chi connectivity index (χ1v) is 12.2. The molecule has 0 radical (unpaired) electrons. The van der Waals surface area contributed by atoms with Gasteiger partial charge in [0.25, 0.3) is 5.71 Å². The number of carbonyl (C=O) groups excluding carboxylic acids is 2. The van der Waals surface area contributed by atoms with Gasteiger partial charge in [0.05, 0.1) is 11.3 Å². The monoisotopic (exact) mass is 515 g/mol. The lowest BCUT2D eigenvalue weighted by Gasteiger charge is -2.25. The van der Waals surface area contributed by atoms with Crippen LogP contribution in [0.3, 0.4) is 0 Å². The van der Waals surface area contributed by atoms with Crippen molar-refractivity contribution in [3.63, 3.8) is 0 Å². The van der Waals surface area contributed by atoms with E-state index < -0.39 is 41.0 Å². The van der Waals surface area contributed by atoms with Gasteiger partial charge in [-0.15, -0.1) is 0 Å². The number of rotatable bonds is 6. The minimum Gasteiger partial charge on any atom is -0.623 e. The number of nitro groups is 1. The number of hydroxylamine groups is 1. The van der Waals surface area contributed by atoms with Crippen LogP contribution >= 0.6 is 0 Å². The molecule has 1 aliphatic rings. The molecule has 4 rings (SSSR count). The Morgan fingerprint density at radius 1 is 0.921 bits per heavy atom.